The standard InChI is InChI=1S/C6H11N3O2/c1-4-3-9(5(10)7-2)6(11)8-4/h4H,3H2,1-2H3,(H,7,10)(H,8,11). The number of hydrogen-bond acceptors (Lipinski definition) is 2. The molecule has 1 rings (SSSR count). The molecule has 1 heterocycles. The van der Waals surface area contributed by atoms with Crippen LogP contribution in [-0.4, -0.2) is 36.6 Å². The molecule has 1 fully saturated rings. The molecular formula is C6H11N3O2. The summed E-state index contributed by atoms with van der Waals surface area (Å²) in [5.41, 5.74) is 0. The lowest BCUT2D eigenvalue weighted by molar-refractivity contribution is 0.200. The van der Waals surface area contributed by atoms with Crippen LogP contribution >= 0.6 is 0 Å². The van der Waals surface area contributed by atoms with E-state index in [0.717, 1.165) is 4.90 Å². The molecule has 0 bridgehead atoms. The van der Waals surface area contributed by atoms with Gasteiger partial charge in [-0.25, -0.2) is 14.5 Å². The Hall–Kier alpha value is -1.26. The first-order valence-corrected chi connectivity index (χ1v) is 3.45. The molecule has 0 saturated carbocycles. The third-order valence-corrected chi connectivity index (χ3v) is 1.53. The minimum atomic E-state index is -0.355. The van der Waals surface area contributed by atoms with Crippen LogP contribution in [0, 0.1) is 0 Å². The Labute approximate surface area is 64.7 Å². The lowest BCUT2D eigenvalue weighted by Crippen LogP contribution is -2.40. The Kier molecular flexibility index (Phi) is 1.98. The fourth-order valence-electron chi connectivity index (χ4n) is 1.00. The van der Waals surface area contributed by atoms with Gasteiger partial charge in [-0.1, -0.05) is 0 Å². The summed E-state index contributed by atoms with van der Waals surface area (Å²) < 4.78 is 0. The molecule has 62 valence electrons. The van der Waals surface area contributed by atoms with E-state index in [1.807, 2.05) is 6.92 Å². The molecule has 1 unspecified atom stereocenters. The molecule has 11 heavy (non-hydrogen) atoms. The summed E-state index contributed by atoms with van der Waals surface area (Å²) in [6.07, 6.45) is 0. The van der Waals surface area contributed by atoms with E-state index in [9.17, 15) is 9.59 Å². The van der Waals surface area contributed by atoms with Crippen LogP contribution in [0.4, 0.5) is 9.59 Å². The molecular weight excluding hydrogens is 146 g/mol. The van der Waals surface area contributed by atoms with E-state index < -0.39 is 0 Å². The average molecular weight is 157 g/mol. The molecule has 0 radical (unpaired) electrons. The quantitative estimate of drug-likeness (QED) is 0.509. The van der Waals surface area contributed by atoms with E-state index in [1.165, 1.54) is 7.05 Å². The monoisotopic (exact) mass is 157 g/mol. The van der Waals surface area contributed by atoms with Gasteiger partial charge in [-0.3, -0.25) is 0 Å². The van der Waals surface area contributed by atoms with E-state index >= 15 is 0 Å². The molecule has 0 aromatic carbocycles. The predicted molar refractivity (Wildman–Crippen MR) is 39.2 cm³/mol. The number of imide groups is 1. The topological polar surface area (TPSA) is 61.4 Å². The van der Waals surface area contributed by atoms with Crippen molar-refractivity contribution in [3.63, 3.8) is 0 Å². The number of carbonyl (C=O) groups excluding carboxylic acids is 2. The second kappa shape index (κ2) is 2.77. The van der Waals surface area contributed by atoms with Gasteiger partial charge in [0.15, 0.2) is 0 Å². The molecule has 5 heteroatoms. The van der Waals surface area contributed by atoms with E-state index in [0.29, 0.717) is 6.54 Å². The Morgan fingerprint density at radius 1 is 1.82 bits per heavy atom. The molecule has 1 saturated heterocycles. The largest absolute Gasteiger partial charge is 0.341 e. The van der Waals surface area contributed by atoms with Gasteiger partial charge in [0, 0.05) is 13.1 Å². The summed E-state index contributed by atoms with van der Waals surface area (Å²) in [5.74, 6) is 0. The fourth-order valence-corrected chi connectivity index (χ4v) is 1.00. The Bertz CT molecular complexity index is 184. The van der Waals surface area contributed by atoms with Gasteiger partial charge < -0.3 is 10.6 Å². The number of hydrogen-bond donors (Lipinski definition) is 2. The second-order valence-electron chi connectivity index (χ2n) is 2.52. The molecule has 5 nitrogen and oxygen atoms in total. The highest BCUT2D eigenvalue weighted by atomic mass is 16.2. The molecule has 1 aliphatic rings. The molecule has 1 aliphatic heterocycles. The summed E-state index contributed by atoms with van der Waals surface area (Å²) in [6, 6.07) is -0.622. The molecule has 0 aromatic rings. The highest BCUT2D eigenvalue weighted by molar-refractivity contribution is 5.95. The van der Waals surface area contributed by atoms with E-state index in [2.05, 4.69) is 10.6 Å². The van der Waals surface area contributed by atoms with Crippen molar-refractivity contribution in [2.75, 3.05) is 13.6 Å². The summed E-state index contributed by atoms with van der Waals surface area (Å²) in [6.45, 7) is 2.29. The first-order chi connectivity index (χ1) is 5.15. The van der Waals surface area contributed by atoms with Crippen molar-refractivity contribution in [1.82, 2.24) is 15.5 Å². The highest BCUT2D eigenvalue weighted by Crippen LogP contribution is 2.02. The lowest BCUT2D eigenvalue weighted by atomic mass is 10.4. The number of carbonyl (C=O) groups is 2. The van der Waals surface area contributed by atoms with Crippen LogP contribution in [0.1, 0.15) is 6.92 Å². The van der Waals surface area contributed by atoms with Crippen LogP contribution in [0.15, 0.2) is 0 Å². The van der Waals surface area contributed by atoms with Crippen LogP contribution in [-0.2, 0) is 0 Å². The van der Waals surface area contributed by atoms with Gasteiger partial charge >= 0.3 is 12.1 Å². The fraction of sp³-hybridized carbons (Fsp3) is 0.667. The van der Waals surface area contributed by atoms with Gasteiger partial charge in [0.1, 0.15) is 0 Å². The molecule has 0 aliphatic carbocycles. The smallest absolute Gasteiger partial charge is 0.325 e. The molecule has 0 spiro atoms. The lowest BCUT2D eigenvalue weighted by Gasteiger charge is -2.10. The Balaban J connectivity index is 2.60. The summed E-state index contributed by atoms with van der Waals surface area (Å²) in [5, 5.41) is 4.99. The zero-order valence-corrected chi connectivity index (χ0v) is 6.55. The highest BCUT2D eigenvalue weighted by Gasteiger charge is 2.29. The van der Waals surface area contributed by atoms with E-state index in [1.54, 1.807) is 0 Å². The van der Waals surface area contributed by atoms with Crippen LogP contribution in [0.5, 0.6) is 0 Å². The molecule has 4 amide bonds. The van der Waals surface area contributed by atoms with Gasteiger partial charge in [0.2, 0.25) is 0 Å². The van der Waals surface area contributed by atoms with Crippen molar-refractivity contribution < 1.29 is 9.59 Å². The van der Waals surface area contributed by atoms with E-state index in [-0.39, 0.29) is 18.1 Å². The minimum Gasteiger partial charge on any atom is -0.341 e. The number of nitrogens with zero attached hydrogens (tertiary/aromatic N) is 1. The number of nitrogens with one attached hydrogen (secondary N) is 2. The average Bonchev–Trinajstić information content (AvgIpc) is 2.28. The molecule has 1 atom stereocenters. The van der Waals surface area contributed by atoms with Gasteiger partial charge in [0.05, 0.1) is 6.54 Å². The van der Waals surface area contributed by atoms with Crippen molar-refractivity contribution in [3.05, 3.63) is 0 Å². The van der Waals surface area contributed by atoms with Crippen LogP contribution in [0.3, 0.4) is 0 Å². The number of amides is 4. The van der Waals surface area contributed by atoms with Gasteiger partial charge in [-0.05, 0) is 6.92 Å². The predicted octanol–water partition coefficient (Wildman–Crippen LogP) is -0.261. The minimum absolute atomic E-state index is 0.0554. The Morgan fingerprint density at radius 3 is 2.82 bits per heavy atom. The third-order valence-electron chi connectivity index (χ3n) is 1.53. The van der Waals surface area contributed by atoms with Gasteiger partial charge in [0.25, 0.3) is 0 Å². The maximum absolute atomic E-state index is 10.9. The van der Waals surface area contributed by atoms with Crippen LogP contribution in [0.2, 0.25) is 0 Å². The van der Waals surface area contributed by atoms with Crippen molar-refractivity contribution in [3.8, 4) is 0 Å². The van der Waals surface area contributed by atoms with E-state index in [4.69, 9.17) is 0 Å². The first-order valence-electron chi connectivity index (χ1n) is 3.45. The first kappa shape index (κ1) is 7.84. The maximum atomic E-state index is 10.9. The normalized spacial score (nSPS) is 23.3. The third kappa shape index (κ3) is 1.42. The van der Waals surface area contributed by atoms with Crippen molar-refractivity contribution >= 4 is 12.1 Å². The zero-order valence-electron chi connectivity index (χ0n) is 6.55. The maximum Gasteiger partial charge on any atom is 0.325 e. The Morgan fingerprint density at radius 2 is 2.45 bits per heavy atom. The number of rotatable bonds is 0. The number of urea groups is 2. The summed E-state index contributed by atoms with van der Waals surface area (Å²) in [7, 11) is 1.50. The van der Waals surface area contributed by atoms with Crippen molar-refractivity contribution in [2.24, 2.45) is 0 Å². The van der Waals surface area contributed by atoms with Crippen molar-refractivity contribution in [1.29, 1.82) is 0 Å². The van der Waals surface area contributed by atoms with Gasteiger partial charge in [-0.2, -0.15) is 0 Å². The zero-order chi connectivity index (χ0) is 8.43. The second-order valence-corrected chi connectivity index (χ2v) is 2.52. The summed E-state index contributed by atoms with van der Waals surface area (Å²) in [4.78, 5) is 23.0. The van der Waals surface area contributed by atoms with Gasteiger partial charge in [-0.15, -0.1) is 0 Å². The van der Waals surface area contributed by atoms with Crippen LogP contribution in [0.25, 0.3) is 0 Å². The van der Waals surface area contributed by atoms with Crippen molar-refractivity contribution in [2.45, 2.75) is 13.0 Å². The SMILES string of the molecule is CNC(=O)N1CC(C)NC1=O. The summed E-state index contributed by atoms with van der Waals surface area (Å²) >= 11 is 0. The molecule has 2 N–H and O–H groups in total. The molecule has 0 aromatic heterocycles. The van der Waals surface area contributed by atoms with Crippen LogP contribution < -0.4 is 10.6 Å².